The fourth-order valence-electron chi connectivity index (χ4n) is 1.59. The van der Waals surface area contributed by atoms with Crippen LogP contribution in [-0.4, -0.2) is 37.5 Å². The monoisotopic (exact) mass is 288 g/mol. The van der Waals surface area contributed by atoms with Crippen LogP contribution in [0.15, 0.2) is 24.3 Å². The maximum absolute atomic E-state index is 12.9. The van der Waals surface area contributed by atoms with Gasteiger partial charge in [-0.2, -0.15) is 4.31 Å². The molecule has 0 radical (unpaired) electrons. The minimum Gasteiger partial charge on any atom is -0.325 e. The lowest BCUT2D eigenvalue weighted by Crippen LogP contribution is -2.41. The Bertz CT molecular complexity index is 558. The van der Waals surface area contributed by atoms with Crippen molar-refractivity contribution in [2.75, 3.05) is 18.1 Å². The topological polar surface area (TPSA) is 66.5 Å². The molecule has 0 saturated heterocycles. The van der Waals surface area contributed by atoms with Crippen molar-refractivity contribution < 1.29 is 17.6 Å². The summed E-state index contributed by atoms with van der Waals surface area (Å²) in [5.74, 6) is -0.980. The molecule has 1 aromatic carbocycles. The zero-order valence-electron chi connectivity index (χ0n) is 11.1. The van der Waals surface area contributed by atoms with E-state index in [0.29, 0.717) is 5.69 Å². The lowest BCUT2D eigenvalue weighted by Gasteiger charge is -2.23. The van der Waals surface area contributed by atoms with E-state index in [4.69, 9.17) is 0 Å². The Morgan fingerprint density at radius 1 is 1.42 bits per heavy atom. The molecule has 0 bridgehead atoms. The quantitative estimate of drug-likeness (QED) is 0.891. The van der Waals surface area contributed by atoms with Gasteiger partial charge in [0, 0.05) is 11.7 Å². The number of benzene rings is 1. The van der Waals surface area contributed by atoms with Crippen LogP contribution < -0.4 is 5.32 Å². The second-order valence-electron chi connectivity index (χ2n) is 4.46. The first-order chi connectivity index (χ1) is 8.70. The second kappa shape index (κ2) is 6.12. The van der Waals surface area contributed by atoms with Crippen LogP contribution in [0.2, 0.25) is 0 Å². The van der Waals surface area contributed by atoms with Gasteiger partial charge in [-0.3, -0.25) is 4.79 Å². The Labute approximate surface area is 112 Å². The van der Waals surface area contributed by atoms with E-state index in [-0.39, 0.29) is 12.6 Å². The highest BCUT2D eigenvalue weighted by Gasteiger charge is 2.23. The summed E-state index contributed by atoms with van der Waals surface area (Å²) >= 11 is 0. The molecule has 1 amide bonds. The van der Waals surface area contributed by atoms with Crippen LogP contribution in [0, 0.1) is 5.82 Å². The average Bonchev–Trinajstić information content (AvgIpc) is 2.24. The predicted molar refractivity (Wildman–Crippen MR) is 71.7 cm³/mol. The Balaban J connectivity index is 2.74. The van der Waals surface area contributed by atoms with E-state index in [0.717, 1.165) is 16.6 Å². The minimum absolute atomic E-state index is 0.294. The van der Waals surface area contributed by atoms with Gasteiger partial charge in [-0.1, -0.05) is 6.07 Å². The number of nitrogens with zero attached hydrogens (tertiary/aromatic N) is 1. The van der Waals surface area contributed by atoms with Crippen LogP contribution >= 0.6 is 0 Å². The van der Waals surface area contributed by atoms with E-state index in [1.54, 1.807) is 13.8 Å². The van der Waals surface area contributed by atoms with Crippen molar-refractivity contribution in [2.45, 2.75) is 19.9 Å². The standard InChI is InChI=1S/C12H17FN2O3S/c1-9(2)15(19(3,17)18)8-12(16)14-11-6-4-5-10(13)7-11/h4-7,9H,8H2,1-3H3,(H,14,16). The number of carbonyl (C=O) groups excluding carboxylic acids is 1. The number of rotatable bonds is 5. The van der Waals surface area contributed by atoms with Gasteiger partial charge in [0.1, 0.15) is 5.82 Å². The van der Waals surface area contributed by atoms with Crippen LogP contribution in [0.4, 0.5) is 10.1 Å². The van der Waals surface area contributed by atoms with Gasteiger partial charge in [0.2, 0.25) is 15.9 Å². The molecular formula is C12H17FN2O3S. The van der Waals surface area contributed by atoms with Crippen LogP contribution in [0.5, 0.6) is 0 Å². The molecule has 0 aromatic heterocycles. The Kier molecular flexibility index (Phi) is 5.02. The molecule has 0 spiro atoms. The molecule has 106 valence electrons. The van der Waals surface area contributed by atoms with Crippen molar-refractivity contribution in [1.29, 1.82) is 0 Å². The fraction of sp³-hybridized carbons (Fsp3) is 0.417. The van der Waals surface area contributed by atoms with Gasteiger partial charge >= 0.3 is 0 Å². The Morgan fingerprint density at radius 2 is 2.05 bits per heavy atom. The third-order valence-corrected chi connectivity index (χ3v) is 3.81. The van der Waals surface area contributed by atoms with Crippen molar-refractivity contribution in [1.82, 2.24) is 4.31 Å². The molecular weight excluding hydrogens is 271 g/mol. The highest BCUT2D eigenvalue weighted by atomic mass is 32.2. The first-order valence-corrected chi connectivity index (χ1v) is 7.57. The molecule has 19 heavy (non-hydrogen) atoms. The third-order valence-electron chi connectivity index (χ3n) is 2.41. The maximum Gasteiger partial charge on any atom is 0.239 e. The minimum atomic E-state index is -3.46. The first-order valence-electron chi connectivity index (χ1n) is 5.72. The zero-order valence-corrected chi connectivity index (χ0v) is 11.9. The molecule has 0 saturated carbocycles. The van der Waals surface area contributed by atoms with Crippen molar-refractivity contribution >= 4 is 21.6 Å². The number of hydrogen-bond donors (Lipinski definition) is 1. The molecule has 1 rings (SSSR count). The summed E-state index contributed by atoms with van der Waals surface area (Å²) in [6, 6.07) is 5.08. The molecule has 0 unspecified atom stereocenters. The van der Waals surface area contributed by atoms with Crippen LogP contribution in [0.1, 0.15) is 13.8 Å². The van der Waals surface area contributed by atoms with Gasteiger partial charge in [-0.05, 0) is 32.0 Å². The summed E-state index contributed by atoms with van der Waals surface area (Å²) in [5, 5.41) is 2.46. The van der Waals surface area contributed by atoms with Gasteiger partial charge in [0.15, 0.2) is 0 Å². The molecule has 7 heteroatoms. The zero-order chi connectivity index (χ0) is 14.6. The number of amides is 1. The maximum atomic E-state index is 12.9. The highest BCUT2D eigenvalue weighted by Crippen LogP contribution is 2.10. The van der Waals surface area contributed by atoms with Gasteiger partial charge < -0.3 is 5.32 Å². The molecule has 0 aliphatic carbocycles. The molecule has 1 N–H and O–H groups in total. The number of hydrogen-bond acceptors (Lipinski definition) is 3. The Hall–Kier alpha value is -1.47. The highest BCUT2D eigenvalue weighted by molar-refractivity contribution is 7.88. The number of nitrogens with one attached hydrogen (secondary N) is 1. The molecule has 0 aliphatic rings. The van der Waals surface area contributed by atoms with E-state index < -0.39 is 21.7 Å². The molecule has 0 fully saturated rings. The van der Waals surface area contributed by atoms with Crippen LogP contribution in [0.3, 0.4) is 0 Å². The summed E-state index contributed by atoms with van der Waals surface area (Å²) in [6.07, 6.45) is 1.04. The molecule has 1 aromatic rings. The van der Waals surface area contributed by atoms with Crippen molar-refractivity contribution in [2.24, 2.45) is 0 Å². The van der Waals surface area contributed by atoms with Crippen LogP contribution in [-0.2, 0) is 14.8 Å². The van der Waals surface area contributed by atoms with Gasteiger partial charge in [0.05, 0.1) is 12.8 Å². The summed E-state index contributed by atoms with van der Waals surface area (Å²) < 4.78 is 37.0. The normalized spacial score (nSPS) is 11.9. The summed E-state index contributed by atoms with van der Waals surface area (Å²) in [5.41, 5.74) is 0.294. The van der Waals surface area contributed by atoms with Crippen molar-refractivity contribution in [3.8, 4) is 0 Å². The summed E-state index contributed by atoms with van der Waals surface area (Å²) in [4.78, 5) is 11.7. The third kappa shape index (κ3) is 4.96. The fourth-order valence-corrected chi connectivity index (χ4v) is 2.71. The van der Waals surface area contributed by atoms with E-state index in [1.807, 2.05) is 0 Å². The van der Waals surface area contributed by atoms with Gasteiger partial charge in [0.25, 0.3) is 0 Å². The second-order valence-corrected chi connectivity index (χ2v) is 6.40. The largest absolute Gasteiger partial charge is 0.325 e. The smallest absolute Gasteiger partial charge is 0.239 e. The Morgan fingerprint density at radius 3 is 2.53 bits per heavy atom. The lowest BCUT2D eigenvalue weighted by atomic mass is 10.3. The number of sulfonamides is 1. The van der Waals surface area contributed by atoms with E-state index in [2.05, 4.69) is 5.32 Å². The number of halogens is 1. The van der Waals surface area contributed by atoms with Crippen LogP contribution in [0.25, 0.3) is 0 Å². The molecule has 0 aliphatic heterocycles. The first kappa shape index (κ1) is 15.6. The lowest BCUT2D eigenvalue weighted by molar-refractivity contribution is -0.116. The van der Waals surface area contributed by atoms with E-state index in [1.165, 1.54) is 18.2 Å². The van der Waals surface area contributed by atoms with Crippen molar-refractivity contribution in [3.63, 3.8) is 0 Å². The van der Waals surface area contributed by atoms with Crippen molar-refractivity contribution in [3.05, 3.63) is 30.1 Å². The SMILES string of the molecule is CC(C)N(CC(=O)Nc1cccc(F)c1)S(C)(=O)=O. The summed E-state index contributed by atoms with van der Waals surface area (Å²) in [7, 11) is -3.46. The van der Waals surface area contributed by atoms with E-state index >= 15 is 0 Å². The predicted octanol–water partition coefficient (Wildman–Crippen LogP) is 1.43. The van der Waals surface area contributed by atoms with Gasteiger partial charge in [-0.15, -0.1) is 0 Å². The van der Waals surface area contributed by atoms with E-state index in [9.17, 15) is 17.6 Å². The molecule has 0 heterocycles. The van der Waals surface area contributed by atoms with Gasteiger partial charge in [-0.25, -0.2) is 12.8 Å². The summed E-state index contributed by atoms with van der Waals surface area (Å²) in [6.45, 7) is 3.06. The average molecular weight is 288 g/mol. The number of anilines is 1. The molecule has 5 nitrogen and oxygen atoms in total. The number of carbonyl (C=O) groups is 1. The molecule has 0 atom stereocenters.